The SMILES string of the molecule is Cc1c(Cl)cc(S(=O)(=O)N(C)CC(=O)N(C)C)cc1[N+](=O)[O-]. The lowest BCUT2D eigenvalue weighted by molar-refractivity contribution is -0.385. The number of carbonyl (C=O) groups excluding carboxylic acids is 1. The number of nitro groups is 1. The van der Waals surface area contributed by atoms with Crippen molar-refractivity contribution in [2.75, 3.05) is 27.7 Å². The Balaban J connectivity index is 3.29. The molecule has 0 saturated carbocycles. The molecule has 1 rings (SSSR count). The second kappa shape index (κ2) is 6.59. The van der Waals surface area contributed by atoms with Crippen molar-refractivity contribution in [1.82, 2.24) is 9.21 Å². The maximum atomic E-state index is 12.4. The van der Waals surface area contributed by atoms with Crippen LogP contribution in [0.2, 0.25) is 5.02 Å². The van der Waals surface area contributed by atoms with Crippen LogP contribution in [0.4, 0.5) is 5.69 Å². The van der Waals surface area contributed by atoms with Gasteiger partial charge in [-0.15, -0.1) is 0 Å². The zero-order valence-corrected chi connectivity index (χ0v) is 14.1. The Morgan fingerprint density at radius 3 is 2.32 bits per heavy atom. The summed E-state index contributed by atoms with van der Waals surface area (Å²) < 4.78 is 25.6. The zero-order valence-electron chi connectivity index (χ0n) is 12.5. The fourth-order valence-corrected chi connectivity index (χ4v) is 3.02. The van der Waals surface area contributed by atoms with E-state index in [1.807, 2.05) is 0 Å². The molecule has 22 heavy (non-hydrogen) atoms. The highest BCUT2D eigenvalue weighted by molar-refractivity contribution is 7.89. The predicted molar refractivity (Wildman–Crippen MR) is 81.4 cm³/mol. The van der Waals surface area contributed by atoms with Crippen LogP contribution in [-0.4, -0.2) is 56.1 Å². The molecule has 0 saturated heterocycles. The van der Waals surface area contributed by atoms with E-state index in [0.29, 0.717) is 0 Å². The molecule has 1 aromatic rings. The summed E-state index contributed by atoms with van der Waals surface area (Å²) in [4.78, 5) is 22.8. The Morgan fingerprint density at radius 1 is 1.32 bits per heavy atom. The molecule has 0 heterocycles. The molecule has 0 radical (unpaired) electrons. The zero-order chi connectivity index (χ0) is 17.2. The summed E-state index contributed by atoms with van der Waals surface area (Å²) in [6.45, 7) is 1.05. The number of nitrogens with zero attached hydrogens (tertiary/aromatic N) is 3. The van der Waals surface area contributed by atoms with Gasteiger partial charge in [0.15, 0.2) is 0 Å². The first-order chi connectivity index (χ1) is 9.98. The Kier molecular flexibility index (Phi) is 5.49. The first kappa shape index (κ1) is 18.3. The minimum absolute atomic E-state index is 0.0277. The first-order valence-corrected chi connectivity index (χ1v) is 7.91. The van der Waals surface area contributed by atoms with Crippen LogP contribution in [-0.2, 0) is 14.8 Å². The Bertz CT molecular complexity index is 718. The van der Waals surface area contributed by atoms with Gasteiger partial charge in [0, 0.05) is 32.8 Å². The summed E-state index contributed by atoms with van der Waals surface area (Å²) in [6, 6.07) is 2.07. The van der Waals surface area contributed by atoms with Gasteiger partial charge >= 0.3 is 0 Å². The Morgan fingerprint density at radius 2 is 1.86 bits per heavy atom. The summed E-state index contributed by atoms with van der Waals surface area (Å²) >= 11 is 5.87. The number of likely N-dealkylation sites (N-methyl/N-ethyl adjacent to an activating group) is 2. The molecule has 0 fully saturated rings. The molecule has 122 valence electrons. The van der Waals surface area contributed by atoms with E-state index in [1.54, 1.807) is 0 Å². The average molecular weight is 350 g/mol. The summed E-state index contributed by atoms with van der Waals surface area (Å²) in [5.41, 5.74) is -0.212. The molecule has 0 aliphatic heterocycles. The predicted octanol–water partition coefficient (Wildman–Crippen LogP) is 1.27. The van der Waals surface area contributed by atoms with Crippen LogP contribution >= 0.6 is 11.6 Å². The summed E-state index contributed by atoms with van der Waals surface area (Å²) in [7, 11) is 0.145. The number of hydrogen-bond acceptors (Lipinski definition) is 5. The van der Waals surface area contributed by atoms with Gasteiger partial charge in [0.1, 0.15) is 0 Å². The van der Waals surface area contributed by atoms with Crippen molar-refractivity contribution in [3.63, 3.8) is 0 Å². The van der Waals surface area contributed by atoms with Gasteiger partial charge in [0.2, 0.25) is 15.9 Å². The fourth-order valence-electron chi connectivity index (χ4n) is 1.58. The minimum atomic E-state index is -4.07. The highest BCUT2D eigenvalue weighted by atomic mass is 35.5. The van der Waals surface area contributed by atoms with E-state index in [1.165, 1.54) is 33.0 Å². The van der Waals surface area contributed by atoms with Crippen molar-refractivity contribution >= 4 is 33.2 Å². The van der Waals surface area contributed by atoms with Crippen molar-refractivity contribution in [2.24, 2.45) is 0 Å². The number of carbonyl (C=O) groups is 1. The van der Waals surface area contributed by atoms with E-state index < -0.39 is 26.5 Å². The molecule has 0 aliphatic rings. The summed E-state index contributed by atoms with van der Waals surface area (Å²) in [5, 5.41) is 10.9. The molecule has 8 nitrogen and oxygen atoms in total. The number of benzene rings is 1. The van der Waals surface area contributed by atoms with Crippen molar-refractivity contribution in [3.8, 4) is 0 Å². The monoisotopic (exact) mass is 349 g/mol. The van der Waals surface area contributed by atoms with Crippen molar-refractivity contribution < 1.29 is 18.1 Å². The van der Waals surface area contributed by atoms with Gasteiger partial charge in [0.05, 0.1) is 21.4 Å². The van der Waals surface area contributed by atoms with E-state index >= 15 is 0 Å². The molecule has 0 N–H and O–H groups in total. The van der Waals surface area contributed by atoms with Crippen LogP contribution in [0.15, 0.2) is 17.0 Å². The fraction of sp³-hybridized carbons (Fsp3) is 0.417. The number of rotatable bonds is 5. The maximum absolute atomic E-state index is 12.4. The molecular formula is C12H16ClN3O5S. The highest BCUT2D eigenvalue weighted by Gasteiger charge is 2.27. The molecule has 0 spiro atoms. The molecule has 1 aromatic carbocycles. The van der Waals surface area contributed by atoms with Crippen LogP contribution in [0.25, 0.3) is 0 Å². The smallest absolute Gasteiger partial charge is 0.275 e. The van der Waals surface area contributed by atoms with Crippen LogP contribution in [0.1, 0.15) is 5.56 Å². The standard InChI is InChI=1S/C12H16ClN3O5S/c1-8-10(13)5-9(6-11(8)16(18)19)22(20,21)15(4)7-12(17)14(2)3/h5-6H,7H2,1-4H3. The largest absolute Gasteiger partial charge is 0.348 e. The van der Waals surface area contributed by atoms with Gasteiger partial charge in [-0.3, -0.25) is 14.9 Å². The first-order valence-electron chi connectivity index (χ1n) is 6.09. The maximum Gasteiger partial charge on any atom is 0.275 e. The molecule has 0 atom stereocenters. The van der Waals surface area contributed by atoms with Gasteiger partial charge in [-0.2, -0.15) is 4.31 Å². The molecule has 1 amide bonds. The number of sulfonamides is 1. The van der Waals surface area contributed by atoms with Crippen LogP contribution < -0.4 is 0 Å². The van der Waals surface area contributed by atoms with Gasteiger partial charge in [-0.25, -0.2) is 8.42 Å². The van der Waals surface area contributed by atoms with E-state index in [0.717, 1.165) is 16.4 Å². The lowest BCUT2D eigenvalue weighted by atomic mass is 10.2. The molecule has 0 unspecified atom stereocenters. The average Bonchev–Trinajstić information content (AvgIpc) is 2.40. The Hall–Kier alpha value is -1.71. The molecule has 0 bridgehead atoms. The van der Waals surface area contributed by atoms with E-state index in [9.17, 15) is 23.3 Å². The minimum Gasteiger partial charge on any atom is -0.348 e. The second-order valence-corrected chi connectivity index (χ2v) is 7.31. The van der Waals surface area contributed by atoms with Gasteiger partial charge in [-0.05, 0) is 13.0 Å². The number of nitro benzene ring substituents is 1. The second-order valence-electron chi connectivity index (χ2n) is 4.86. The highest BCUT2D eigenvalue weighted by Crippen LogP contribution is 2.30. The molecule has 10 heteroatoms. The normalized spacial score (nSPS) is 11.5. The third-order valence-electron chi connectivity index (χ3n) is 3.05. The molecule has 0 aliphatic carbocycles. The van der Waals surface area contributed by atoms with E-state index in [2.05, 4.69) is 0 Å². The van der Waals surface area contributed by atoms with E-state index in [-0.39, 0.29) is 22.0 Å². The van der Waals surface area contributed by atoms with Gasteiger partial charge in [0.25, 0.3) is 5.69 Å². The van der Waals surface area contributed by atoms with Crippen LogP contribution in [0.5, 0.6) is 0 Å². The van der Waals surface area contributed by atoms with Crippen molar-refractivity contribution in [2.45, 2.75) is 11.8 Å². The van der Waals surface area contributed by atoms with E-state index in [4.69, 9.17) is 11.6 Å². The quantitative estimate of drug-likeness (QED) is 0.588. The topological polar surface area (TPSA) is 101 Å². The summed E-state index contributed by atoms with van der Waals surface area (Å²) in [6.07, 6.45) is 0. The molecular weight excluding hydrogens is 334 g/mol. The lowest BCUT2D eigenvalue weighted by Crippen LogP contribution is -2.37. The number of amides is 1. The van der Waals surface area contributed by atoms with Crippen molar-refractivity contribution in [1.29, 1.82) is 0 Å². The summed E-state index contributed by atoms with van der Waals surface area (Å²) in [5.74, 6) is -0.418. The number of hydrogen-bond donors (Lipinski definition) is 0. The van der Waals surface area contributed by atoms with Crippen molar-refractivity contribution in [3.05, 3.63) is 32.8 Å². The third kappa shape index (κ3) is 3.73. The lowest BCUT2D eigenvalue weighted by Gasteiger charge is -2.19. The van der Waals surface area contributed by atoms with Crippen LogP contribution in [0.3, 0.4) is 0 Å². The third-order valence-corrected chi connectivity index (χ3v) is 5.23. The van der Waals surface area contributed by atoms with Gasteiger partial charge in [-0.1, -0.05) is 11.6 Å². The number of halogens is 1. The van der Waals surface area contributed by atoms with Crippen LogP contribution in [0, 0.1) is 17.0 Å². The Labute approximate surface area is 133 Å². The molecule has 0 aromatic heterocycles. The van der Waals surface area contributed by atoms with Gasteiger partial charge < -0.3 is 4.90 Å².